The van der Waals surface area contributed by atoms with Crippen molar-refractivity contribution in [3.05, 3.63) is 24.3 Å². The van der Waals surface area contributed by atoms with Crippen LogP contribution in [0.2, 0.25) is 0 Å². The minimum Gasteiger partial charge on any atom is -0.339 e. The largest absolute Gasteiger partial charge is 0.339 e. The Hall–Kier alpha value is -3.29. The van der Waals surface area contributed by atoms with Gasteiger partial charge >= 0.3 is 0 Å². The van der Waals surface area contributed by atoms with Gasteiger partial charge in [-0.1, -0.05) is 25.0 Å². The van der Waals surface area contributed by atoms with Crippen molar-refractivity contribution < 1.29 is 27.6 Å². The van der Waals surface area contributed by atoms with Gasteiger partial charge in [0, 0.05) is 19.5 Å². The quantitative estimate of drug-likeness (QED) is 0.421. The van der Waals surface area contributed by atoms with Gasteiger partial charge < -0.3 is 15.5 Å². The van der Waals surface area contributed by atoms with E-state index in [2.05, 4.69) is 25.4 Å². The Kier molecular flexibility index (Phi) is 7.48. The number of hydrogen-bond donors (Lipinski definition) is 3. The maximum atomic E-state index is 13.7. The molecule has 3 fully saturated rings. The molecule has 4 aliphatic rings. The molecule has 40 heavy (non-hydrogen) atoms. The van der Waals surface area contributed by atoms with Crippen LogP contribution >= 0.6 is 0 Å². The average molecular weight is 576 g/mol. The topological polar surface area (TPSA) is 172 Å². The molecule has 0 unspecified atom stereocenters. The highest BCUT2D eigenvalue weighted by atomic mass is 32.2. The predicted octanol–water partition coefficient (Wildman–Crippen LogP) is 0.298. The molecule has 1 aromatic heterocycles. The van der Waals surface area contributed by atoms with Crippen LogP contribution in [-0.2, 0) is 31.5 Å². The van der Waals surface area contributed by atoms with Gasteiger partial charge in [-0.05, 0) is 58.3 Å². The van der Waals surface area contributed by atoms with Gasteiger partial charge in [-0.15, -0.1) is 0 Å². The number of allylic oxidation sites excluding steroid dienone is 1. The maximum absolute atomic E-state index is 13.7. The molecule has 2 saturated carbocycles. The summed E-state index contributed by atoms with van der Waals surface area (Å²) in [5, 5.41) is 9.54. The summed E-state index contributed by atoms with van der Waals surface area (Å²) in [5.41, 5.74) is -1.39. The highest BCUT2D eigenvalue weighted by Gasteiger charge is 2.62. The Morgan fingerprint density at radius 2 is 1.90 bits per heavy atom. The molecule has 14 heteroatoms. The highest BCUT2D eigenvalue weighted by Crippen LogP contribution is 2.47. The Morgan fingerprint density at radius 3 is 2.60 bits per heavy atom. The number of hydrogen-bond acceptors (Lipinski definition) is 8. The molecule has 218 valence electrons. The summed E-state index contributed by atoms with van der Waals surface area (Å²) < 4.78 is 28.2. The number of aromatic nitrogens is 3. The number of sulfonamides is 1. The van der Waals surface area contributed by atoms with Gasteiger partial charge in [0.1, 0.15) is 23.9 Å². The summed E-state index contributed by atoms with van der Waals surface area (Å²) in [6.45, 7) is 1.93. The van der Waals surface area contributed by atoms with Crippen molar-refractivity contribution in [3.63, 3.8) is 0 Å². The normalized spacial score (nSPS) is 31.1. The van der Waals surface area contributed by atoms with E-state index in [9.17, 15) is 27.6 Å². The lowest BCUT2D eigenvalue weighted by Gasteiger charge is -2.30. The molecule has 1 saturated heterocycles. The molecule has 3 N–H and O–H groups in total. The van der Waals surface area contributed by atoms with Gasteiger partial charge in [0.15, 0.2) is 0 Å². The van der Waals surface area contributed by atoms with Gasteiger partial charge in [0.25, 0.3) is 11.8 Å². The fourth-order valence-corrected chi connectivity index (χ4v) is 6.91. The number of amides is 4. The molecule has 3 heterocycles. The zero-order chi connectivity index (χ0) is 28.7. The van der Waals surface area contributed by atoms with E-state index in [-0.39, 0.29) is 24.1 Å². The number of fused-ring (bicyclic) bond motifs is 2. The standard InChI is InChI=1S/C26H37N7O6S/c1-25(12-13-25)40(38,39)31-24(37)26-15-17(26)9-6-4-3-5-7-10-18(29-22(35)20-27-16-28-32(20)2)23(36)33-14-8-11-19(33)21(34)30-26/h6,9,16-19H,3-5,7-8,10-15H2,1-2H3,(H,29,35)(H,30,34)(H,31,37)/b9-6-/t17-,18+,19+,26-/m1/s1. The van der Waals surface area contributed by atoms with E-state index in [1.165, 1.54) is 15.9 Å². The van der Waals surface area contributed by atoms with Crippen LogP contribution in [0.1, 0.15) is 81.8 Å². The molecule has 0 bridgehead atoms. The number of carbonyl (C=O) groups is 4. The van der Waals surface area contributed by atoms with Crippen LogP contribution in [0, 0.1) is 5.92 Å². The lowest BCUT2D eigenvalue weighted by molar-refractivity contribution is -0.141. The van der Waals surface area contributed by atoms with E-state index in [1.807, 2.05) is 12.2 Å². The average Bonchev–Trinajstić information content (AvgIpc) is 3.67. The van der Waals surface area contributed by atoms with E-state index in [0.717, 1.165) is 19.3 Å². The molecular formula is C26H37N7O6S. The lowest BCUT2D eigenvalue weighted by atomic mass is 10.0. The first kappa shape index (κ1) is 28.2. The number of carbonyl (C=O) groups excluding carboxylic acids is 4. The first-order chi connectivity index (χ1) is 19.0. The van der Waals surface area contributed by atoms with E-state index in [1.54, 1.807) is 14.0 Å². The van der Waals surface area contributed by atoms with Crippen molar-refractivity contribution in [1.82, 2.24) is 35.0 Å². The molecule has 0 spiro atoms. The van der Waals surface area contributed by atoms with Gasteiger partial charge in [0.2, 0.25) is 27.7 Å². The van der Waals surface area contributed by atoms with E-state index in [0.29, 0.717) is 45.1 Å². The second-order valence-corrected chi connectivity index (χ2v) is 13.8. The van der Waals surface area contributed by atoms with Crippen LogP contribution in [0.4, 0.5) is 0 Å². The first-order valence-electron chi connectivity index (χ1n) is 14.0. The first-order valence-corrected chi connectivity index (χ1v) is 15.5. The summed E-state index contributed by atoms with van der Waals surface area (Å²) in [6, 6.07) is -1.69. The fourth-order valence-electron chi connectivity index (χ4n) is 5.60. The van der Waals surface area contributed by atoms with Crippen molar-refractivity contribution in [2.75, 3.05) is 6.54 Å². The Morgan fingerprint density at radius 1 is 1.12 bits per heavy atom. The predicted molar refractivity (Wildman–Crippen MR) is 143 cm³/mol. The zero-order valence-corrected chi connectivity index (χ0v) is 23.7. The number of nitrogens with one attached hydrogen (secondary N) is 3. The Bertz CT molecular complexity index is 1340. The molecule has 2 aliphatic carbocycles. The number of rotatable bonds is 5. The summed E-state index contributed by atoms with van der Waals surface area (Å²) in [7, 11) is -2.30. The Balaban J connectivity index is 1.37. The van der Waals surface area contributed by atoms with Gasteiger partial charge in [0.05, 0.1) is 4.75 Å². The highest BCUT2D eigenvalue weighted by molar-refractivity contribution is 7.91. The Labute approximate surface area is 233 Å². The number of nitrogens with zero attached hydrogens (tertiary/aromatic N) is 4. The van der Waals surface area contributed by atoms with E-state index in [4.69, 9.17) is 0 Å². The van der Waals surface area contributed by atoms with Crippen LogP contribution in [-0.4, -0.2) is 80.6 Å². The van der Waals surface area contributed by atoms with Crippen molar-refractivity contribution in [2.24, 2.45) is 13.0 Å². The van der Waals surface area contributed by atoms with Crippen molar-refractivity contribution in [3.8, 4) is 0 Å². The third kappa shape index (κ3) is 5.37. The van der Waals surface area contributed by atoms with Gasteiger partial charge in [-0.3, -0.25) is 23.9 Å². The van der Waals surface area contributed by atoms with Crippen LogP contribution in [0.15, 0.2) is 18.5 Å². The summed E-state index contributed by atoms with van der Waals surface area (Å²) in [4.78, 5) is 59.0. The summed E-state index contributed by atoms with van der Waals surface area (Å²) in [6.07, 6.45) is 10.8. The minimum atomic E-state index is -3.89. The van der Waals surface area contributed by atoms with Crippen LogP contribution in [0.25, 0.3) is 0 Å². The molecule has 4 atom stereocenters. The number of aryl methyl sites for hydroxylation is 1. The molecule has 0 radical (unpaired) electrons. The molecule has 2 aliphatic heterocycles. The van der Waals surface area contributed by atoms with Crippen molar-refractivity contribution >= 4 is 33.7 Å². The van der Waals surface area contributed by atoms with Gasteiger partial charge in [-0.25, -0.2) is 18.1 Å². The third-order valence-corrected chi connectivity index (χ3v) is 10.8. The van der Waals surface area contributed by atoms with Crippen LogP contribution in [0.3, 0.4) is 0 Å². The lowest BCUT2D eigenvalue weighted by Crippen LogP contribution is -2.58. The van der Waals surface area contributed by atoms with Crippen molar-refractivity contribution in [1.29, 1.82) is 0 Å². The molecule has 4 amide bonds. The molecular weight excluding hydrogens is 538 g/mol. The van der Waals surface area contributed by atoms with E-state index < -0.39 is 50.1 Å². The van der Waals surface area contributed by atoms with Crippen LogP contribution in [0.5, 0.6) is 0 Å². The maximum Gasteiger partial charge on any atom is 0.289 e. The molecule has 0 aromatic carbocycles. The monoisotopic (exact) mass is 575 g/mol. The van der Waals surface area contributed by atoms with Crippen LogP contribution < -0.4 is 15.4 Å². The fraction of sp³-hybridized carbons (Fsp3) is 0.692. The summed E-state index contributed by atoms with van der Waals surface area (Å²) >= 11 is 0. The molecule has 5 rings (SSSR count). The van der Waals surface area contributed by atoms with E-state index >= 15 is 0 Å². The zero-order valence-electron chi connectivity index (χ0n) is 22.9. The third-order valence-electron chi connectivity index (χ3n) is 8.68. The molecule has 1 aromatic rings. The van der Waals surface area contributed by atoms with Crippen molar-refractivity contribution in [2.45, 2.75) is 93.5 Å². The smallest absolute Gasteiger partial charge is 0.289 e. The minimum absolute atomic E-state index is 0.0762. The summed E-state index contributed by atoms with van der Waals surface area (Å²) in [5.74, 6) is -2.39. The second-order valence-electron chi connectivity index (χ2n) is 11.6. The van der Waals surface area contributed by atoms with Gasteiger partial charge in [-0.2, -0.15) is 5.10 Å². The SMILES string of the molecule is Cn1ncnc1C(=O)N[C@H]1CCCCC/C=C\[C@@H]2C[C@@]2(C(=O)NS(=O)(=O)C2(C)CC2)NC(=O)[C@@H]2CCCN2C1=O. The molecule has 13 nitrogen and oxygen atoms in total. The second kappa shape index (κ2) is 10.6.